The summed E-state index contributed by atoms with van der Waals surface area (Å²) >= 11 is 0. The van der Waals surface area contributed by atoms with Gasteiger partial charge in [-0.25, -0.2) is 9.59 Å². The van der Waals surface area contributed by atoms with Gasteiger partial charge < -0.3 is 19.3 Å². The van der Waals surface area contributed by atoms with E-state index in [1.807, 2.05) is 0 Å². The van der Waals surface area contributed by atoms with Crippen molar-refractivity contribution in [1.82, 2.24) is 4.90 Å². The molecule has 0 aliphatic carbocycles. The van der Waals surface area contributed by atoms with Gasteiger partial charge >= 0.3 is 12.1 Å². The Balaban J connectivity index is 2.96. The fraction of sp³-hybridized carbons (Fsp3) is 0.692. The lowest BCUT2D eigenvalue weighted by Gasteiger charge is -2.30. The molecule has 0 aromatic carbocycles. The minimum Gasteiger partial charge on any atom is -0.506 e. The lowest BCUT2D eigenvalue weighted by molar-refractivity contribution is -0.148. The molecule has 1 rings (SSSR count). The van der Waals surface area contributed by atoms with Crippen molar-refractivity contribution >= 4 is 12.1 Å². The number of nitrogens with zero attached hydrogens (tertiary/aromatic N) is 1. The van der Waals surface area contributed by atoms with Gasteiger partial charge in [-0.3, -0.25) is 4.90 Å². The SMILES string of the molecule is CCOC(=O)C1C(O)=COCCN1C(=O)OC(C)(C)C. The van der Waals surface area contributed by atoms with Crippen molar-refractivity contribution in [2.75, 3.05) is 19.8 Å². The van der Waals surface area contributed by atoms with Crippen molar-refractivity contribution in [1.29, 1.82) is 0 Å². The van der Waals surface area contributed by atoms with E-state index >= 15 is 0 Å². The summed E-state index contributed by atoms with van der Waals surface area (Å²) in [5, 5.41) is 9.85. The van der Waals surface area contributed by atoms with E-state index in [2.05, 4.69) is 0 Å². The molecule has 1 aliphatic heterocycles. The molecule has 0 radical (unpaired) electrons. The van der Waals surface area contributed by atoms with Gasteiger partial charge in [-0.1, -0.05) is 0 Å². The predicted octanol–water partition coefficient (Wildman–Crippen LogP) is 1.58. The summed E-state index contributed by atoms with van der Waals surface area (Å²) < 4.78 is 15.1. The van der Waals surface area contributed by atoms with Crippen LogP contribution in [0.3, 0.4) is 0 Å². The number of amides is 1. The standard InChI is InChI=1S/C13H21NO6/c1-5-19-11(16)10-9(15)8-18-7-6-14(10)12(17)20-13(2,3)4/h8,10,15H,5-7H2,1-4H3. The van der Waals surface area contributed by atoms with E-state index in [4.69, 9.17) is 14.2 Å². The fourth-order valence-corrected chi connectivity index (χ4v) is 1.64. The highest BCUT2D eigenvalue weighted by atomic mass is 16.6. The molecule has 0 aromatic heterocycles. The van der Waals surface area contributed by atoms with Crippen molar-refractivity contribution in [3.8, 4) is 0 Å². The van der Waals surface area contributed by atoms with Crippen molar-refractivity contribution in [2.24, 2.45) is 0 Å². The van der Waals surface area contributed by atoms with Crippen molar-refractivity contribution in [3.63, 3.8) is 0 Å². The maximum atomic E-state index is 12.1. The van der Waals surface area contributed by atoms with Gasteiger partial charge in [0.1, 0.15) is 18.5 Å². The molecule has 1 atom stereocenters. The average molecular weight is 287 g/mol. The maximum Gasteiger partial charge on any atom is 0.411 e. The van der Waals surface area contributed by atoms with Crippen LogP contribution in [-0.2, 0) is 19.0 Å². The topological polar surface area (TPSA) is 85.3 Å². The zero-order valence-electron chi connectivity index (χ0n) is 12.2. The number of aliphatic hydroxyl groups excluding tert-OH is 1. The summed E-state index contributed by atoms with van der Waals surface area (Å²) in [5.41, 5.74) is -0.706. The first-order valence-electron chi connectivity index (χ1n) is 6.43. The van der Waals surface area contributed by atoms with Gasteiger partial charge in [-0.2, -0.15) is 0 Å². The summed E-state index contributed by atoms with van der Waals surface area (Å²) in [7, 11) is 0. The highest BCUT2D eigenvalue weighted by molar-refractivity contribution is 5.84. The van der Waals surface area contributed by atoms with Crippen molar-refractivity contribution in [3.05, 3.63) is 12.0 Å². The Morgan fingerprint density at radius 1 is 1.50 bits per heavy atom. The molecule has 1 amide bonds. The van der Waals surface area contributed by atoms with E-state index in [-0.39, 0.29) is 25.5 Å². The van der Waals surface area contributed by atoms with Crippen LogP contribution in [0.15, 0.2) is 12.0 Å². The zero-order chi connectivity index (χ0) is 15.3. The summed E-state index contributed by atoms with van der Waals surface area (Å²) in [5.74, 6) is -1.11. The number of rotatable bonds is 2. The van der Waals surface area contributed by atoms with Gasteiger partial charge in [0.25, 0.3) is 0 Å². The fourth-order valence-electron chi connectivity index (χ4n) is 1.64. The Morgan fingerprint density at radius 3 is 2.70 bits per heavy atom. The Morgan fingerprint density at radius 2 is 2.15 bits per heavy atom. The van der Waals surface area contributed by atoms with E-state index in [9.17, 15) is 14.7 Å². The number of hydrogen-bond donors (Lipinski definition) is 1. The monoisotopic (exact) mass is 287 g/mol. The highest BCUT2D eigenvalue weighted by Crippen LogP contribution is 2.18. The molecule has 0 bridgehead atoms. The number of aliphatic hydroxyl groups is 1. The molecule has 1 unspecified atom stereocenters. The van der Waals surface area contributed by atoms with Crippen LogP contribution < -0.4 is 0 Å². The lowest BCUT2D eigenvalue weighted by atomic mass is 10.2. The second kappa shape index (κ2) is 6.49. The van der Waals surface area contributed by atoms with Gasteiger partial charge in [-0.15, -0.1) is 0 Å². The second-order valence-corrected chi connectivity index (χ2v) is 5.24. The number of carbonyl (C=O) groups is 2. The van der Waals surface area contributed by atoms with E-state index in [0.717, 1.165) is 11.2 Å². The third-order valence-electron chi connectivity index (χ3n) is 2.38. The predicted molar refractivity (Wildman–Crippen MR) is 70.0 cm³/mol. The van der Waals surface area contributed by atoms with E-state index in [1.165, 1.54) is 0 Å². The first-order valence-corrected chi connectivity index (χ1v) is 6.43. The minimum atomic E-state index is -1.24. The second-order valence-electron chi connectivity index (χ2n) is 5.24. The normalized spacial score (nSPS) is 19.5. The van der Waals surface area contributed by atoms with Crippen molar-refractivity contribution in [2.45, 2.75) is 39.3 Å². The molecule has 114 valence electrons. The molecule has 7 heteroatoms. The van der Waals surface area contributed by atoms with E-state index in [1.54, 1.807) is 27.7 Å². The molecule has 7 nitrogen and oxygen atoms in total. The third kappa shape index (κ3) is 4.32. The number of esters is 1. The summed E-state index contributed by atoms with van der Waals surface area (Å²) in [6, 6.07) is -1.24. The van der Waals surface area contributed by atoms with Gasteiger partial charge in [0.2, 0.25) is 0 Å². The van der Waals surface area contributed by atoms with Crippen LogP contribution in [0.1, 0.15) is 27.7 Å². The Hall–Kier alpha value is -1.92. The van der Waals surface area contributed by atoms with Crippen molar-refractivity contribution < 1.29 is 28.9 Å². The molecule has 0 saturated carbocycles. The van der Waals surface area contributed by atoms with Crippen LogP contribution in [0.5, 0.6) is 0 Å². The third-order valence-corrected chi connectivity index (χ3v) is 2.38. The van der Waals surface area contributed by atoms with Gasteiger partial charge in [0, 0.05) is 0 Å². The quantitative estimate of drug-likeness (QED) is 0.776. The first kappa shape index (κ1) is 16.1. The van der Waals surface area contributed by atoms with Crippen LogP contribution in [-0.4, -0.2) is 53.5 Å². The molecule has 0 saturated heterocycles. The van der Waals surface area contributed by atoms with Crippen LogP contribution >= 0.6 is 0 Å². The number of ether oxygens (including phenoxy) is 3. The first-order chi connectivity index (χ1) is 9.26. The van der Waals surface area contributed by atoms with E-state index < -0.39 is 23.7 Å². The maximum absolute atomic E-state index is 12.1. The molecule has 1 aliphatic rings. The molecule has 0 spiro atoms. The lowest BCUT2D eigenvalue weighted by Crippen LogP contribution is -2.49. The molecule has 0 aromatic rings. The molecule has 1 heterocycles. The van der Waals surface area contributed by atoms with E-state index in [0.29, 0.717) is 0 Å². The van der Waals surface area contributed by atoms with Crippen LogP contribution in [0.2, 0.25) is 0 Å². The minimum absolute atomic E-state index is 0.110. The Bertz CT molecular complexity index is 398. The summed E-state index contributed by atoms with van der Waals surface area (Å²) in [6.45, 7) is 7.20. The average Bonchev–Trinajstić information content (AvgIpc) is 2.49. The van der Waals surface area contributed by atoms with Gasteiger partial charge in [0.05, 0.1) is 13.2 Å². The largest absolute Gasteiger partial charge is 0.506 e. The molecular weight excluding hydrogens is 266 g/mol. The van der Waals surface area contributed by atoms with Crippen LogP contribution in [0.25, 0.3) is 0 Å². The Kier molecular flexibility index (Phi) is 5.24. The van der Waals surface area contributed by atoms with Gasteiger partial charge in [0.15, 0.2) is 11.8 Å². The summed E-state index contributed by atoms with van der Waals surface area (Å²) in [4.78, 5) is 25.1. The zero-order valence-corrected chi connectivity index (χ0v) is 12.2. The molecule has 0 fully saturated rings. The number of carbonyl (C=O) groups excluding carboxylic acids is 2. The van der Waals surface area contributed by atoms with Crippen LogP contribution in [0.4, 0.5) is 4.79 Å². The highest BCUT2D eigenvalue weighted by Gasteiger charge is 2.38. The molecular formula is C13H21NO6. The summed E-state index contributed by atoms with van der Waals surface area (Å²) in [6.07, 6.45) is 0.340. The Labute approximate surface area is 118 Å². The molecule has 20 heavy (non-hydrogen) atoms. The number of hydrogen-bond acceptors (Lipinski definition) is 6. The molecule has 1 N–H and O–H groups in total. The smallest absolute Gasteiger partial charge is 0.411 e. The van der Waals surface area contributed by atoms with Gasteiger partial charge in [-0.05, 0) is 27.7 Å². The van der Waals surface area contributed by atoms with Crippen LogP contribution in [0, 0.1) is 0 Å².